The van der Waals surface area contributed by atoms with Crippen molar-refractivity contribution in [2.45, 2.75) is 81.4 Å². The van der Waals surface area contributed by atoms with E-state index in [2.05, 4.69) is 27.3 Å². The Kier molecular flexibility index (Phi) is 6.37. The van der Waals surface area contributed by atoms with Gasteiger partial charge in [-0.2, -0.15) is 0 Å². The van der Waals surface area contributed by atoms with Crippen LogP contribution in [-0.2, 0) is 4.79 Å². The average molecular weight is 498 g/mol. The van der Waals surface area contributed by atoms with Crippen LogP contribution in [0.4, 0.5) is 4.39 Å². The number of carbonyl (C=O) groups is 1. The molecule has 7 rings (SSSR count). The second-order valence-electron chi connectivity index (χ2n) is 11.5. The fourth-order valence-corrected chi connectivity index (χ4v) is 8.43. The zero-order valence-electron chi connectivity index (χ0n) is 20.6. The van der Waals surface area contributed by atoms with E-state index in [1.54, 1.807) is 12.1 Å². The maximum Gasteiger partial charge on any atom is 0.230 e. The first kappa shape index (κ1) is 23.5. The number of amides is 1. The standard InChI is InChI=1S/C27H36FN5OS/c1-18(32-9-3-2-4-10-32)25-30-31-26(33(25)23-7-5-22(28)6-8-23)35-17-24(34)29-27-14-19-11-20(15-27)13-21(12-19)16-27/h5-8,18-21H,2-4,9-17H2,1H3,(H,29,34)/t18-,19?,20?,21?,27?/m1/s1. The van der Waals surface area contributed by atoms with Gasteiger partial charge in [0.2, 0.25) is 5.91 Å². The molecule has 1 aromatic carbocycles. The molecule has 2 heterocycles. The first-order valence-electron chi connectivity index (χ1n) is 13.4. The molecular weight excluding hydrogens is 461 g/mol. The molecule has 188 valence electrons. The monoisotopic (exact) mass is 497 g/mol. The van der Waals surface area contributed by atoms with Gasteiger partial charge in [0.15, 0.2) is 11.0 Å². The normalized spacial score (nSPS) is 31.0. The zero-order valence-corrected chi connectivity index (χ0v) is 21.4. The lowest BCUT2D eigenvalue weighted by molar-refractivity contribution is -0.124. The molecule has 0 radical (unpaired) electrons. The Balaban J connectivity index is 1.19. The first-order valence-corrected chi connectivity index (χ1v) is 14.4. The lowest BCUT2D eigenvalue weighted by atomic mass is 9.53. The summed E-state index contributed by atoms with van der Waals surface area (Å²) in [5.41, 5.74) is 0.851. The number of piperidine rings is 1. The smallest absolute Gasteiger partial charge is 0.230 e. The molecular formula is C27H36FN5OS. The molecule has 4 aliphatic carbocycles. The van der Waals surface area contributed by atoms with Crippen LogP contribution in [-0.4, -0.2) is 50.0 Å². The molecule has 6 nitrogen and oxygen atoms in total. The number of nitrogens with zero attached hydrogens (tertiary/aromatic N) is 4. The van der Waals surface area contributed by atoms with Crippen LogP contribution in [0.5, 0.6) is 0 Å². The molecule has 1 aromatic heterocycles. The van der Waals surface area contributed by atoms with Gasteiger partial charge in [0.05, 0.1) is 11.8 Å². The minimum absolute atomic E-state index is 0.0188. The first-order chi connectivity index (χ1) is 17.0. The third kappa shape index (κ3) is 4.76. The summed E-state index contributed by atoms with van der Waals surface area (Å²) in [6, 6.07) is 6.58. The number of carbonyl (C=O) groups excluding carboxylic acids is 1. The van der Waals surface area contributed by atoms with Crippen molar-refractivity contribution in [3.63, 3.8) is 0 Å². The van der Waals surface area contributed by atoms with Crippen LogP contribution < -0.4 is 5.32 Å². The predicted octanol–water partition coefficient (Wildman–Crippen LogP) is 5.13. The van der Waals surface area contributed by atoms with Crippen molar-refractivity contribution in [2.24, 2.45) is 17.8 Å². The summed E-state index contributed by atoms with van der Waals surface area (Å²) in [7, 11) is 0. The van der Waals surface area contributed by atoms with Crippen LogP contribution in [0.2, 0.25) is 0 Å². The Morgan fingerprint density at radius 1 is 1.06 bits per heavy atom. The molecule has 0 unspecified atom stereocenters. The minimum Gasteiger partial charge on any atom is -0.350 e. The molecule has 4 saturated carbocycles. The highest BCUT2D eigenvalue weighted by Crippen LogP contribution is 2.55. The molecule has 1 amide bonds. The van der Waals surface area contributed by atoms with Crippen molar-refractivity contribution in [3.05, 3.63) is 35.9 Å². The van der Waals surface area contributed by atoms with Crippen molar-refractivity contribution < 1.29 is 9.18 Å². The molecule has 5 fully saturated rings. The van der Waals surface area contributed by atoms with E-state index in [1.165, 1.54) is 62.4 Å². The lowest BCUT2D eigenvalue weighted by Gasteiger charge is -2.56. The highest BCUT2D eigenvalue weighted by Gasteiger charge is 2.51. The molecule has 8 heteroatoms. The highest BCUT2D eigenvalue weighted by atomic mass is 32.2. The van der Waals surface area contributed by atoms with E-state index in [-0.39, 0.29) is 23.3 Å². The van der Waals surface area contributed by atoms with E-state index < -0.39 is 0 Å². The lowest BCUT2D eigenvalue weighted by Crippen LogP contribution is -2.60. The summed E-state index contributed by atoms with van der Waals surface area (Å²) >= 11 is 1.43. The Labute approximate surface area is 211 Å². The van der Waals surface area contributed by atoms with Gasteiger partial charge in [0.1, 0.15) is 5.82 Å². The molecule has 1 N–H and O–H groups in total. The second kappa shape index (κ2) is 9.51. The predicted molar refractivity (Wildman–Crippen MR) is 135 cm³/mol. The summed E-state index contributed by atoms with van der Waals surface area (Å²) in [4.78, 5) is 15.6. The number of rotatable bonds is 7. The van der Waals surface area contributed by atoms with Gasteiger partial charge >= 0.3 is 0 Å². The van der Waals surface area contributed by atoms with Crippen LogP contribution in [0.25, 0.3) is 5.69 Å². The summed E-state index contributed by atoms with van der Waals surface area (Å²) in [6.07, 6.45) is 11.2. The minimum atomic E-state index is -0.267. The van der Waals surface area contributed by atoms with Crippen molar-refractivity contribution in [2.75, 3.05) is 18.8 Å². The van der Waals surface area contributed by atoms with Crippen LogP contribution >= 0.6 is 11.8 Å². The van der Waals surface area contributed by atoms with Crippen LogP contribution in [0.15, 0.2) is 29.4 Å². The van der Waals surface area contributed by atoms with Crippen LogP contribution in [0, 0.1) is 23.6 Å². The summed E-state index contributed by atoms with van der Waals surface area (Å²) in [5, 5.41) is 13.2. The molecule has 35 heavy (non-hydrogen) atoms. The Morgan fingerprint density at radius 3 is 2.31 bits per heavy atom. The molecule has 2 aromatic rings. The molecule has 4 bridgehead atoms. The maximum atomic E-state index is 13.7. The third-order valence-electron chi connectivity index (χ3n) is 8.83. The largest absolute Gasteiger partial charge is 0.350 e. The number of halogens is 1. The average Bonchev–Trinajstić information content (AvgIpc) is 3.26. The van der Waals surface area contributed by atoms with E-state index >= 15 is 0 Å². The van der Waals surface area contributed by atoms with Gasteiger partial charge in [0.25, 0.3) is 0 Å². The van der Waals surface area contributed by atoms with Gasteiger partial charge in [-0.05, 0) is 113 Å². The number of hydrogen-bond acceptors (Lipinski definition) is 5. The van der Waals surface area contributed by atoms with E-state index in [0.717, 1.165) is 61.6 Å². The van der Waals surface area contributed by atoms with Gasteiger partial charge in [-0.25, -0.2) is 4.39 Å². The molecule has 0 spiro atoms. The quantitative estimate of drug-likeness (QED) is 0.538. The number of hydrogen-bond donors (Lipinski definition) is 1. The van der Waals surface area contributed by atoms with Crippen molar-refractivity contribution in [1.29, 1.82) is 0 Å². The van der Waals surface area contributed by atoms with Crippen LogP contribution in [0.1, 0.15) is 76.6 Å². The summed E-state index contributed by atoms with van der Waals surface area (Å²) < 4.78 is 15.7. The fourth-order valence-electron chi connectivity index (χ4n) is 7.67. The zero-order chi connectivity index (χ0) is 24.0. The molecule has 1 saturated heterocycles. The van der Waals surface area contributed by atoms with Crippen molar-refractivity contribution >= 4 is 17.7 Å². The van der Waals surface area contributed by atoms with E-state index in [1.807, 2.05) is 4.57 Å². The number of aromatic nitrogens is 3. The van der Waals surface area contributed by atoms with Gasteiger partial charge in [-0.15, -0.1) is 10.2 Å². The number of benzene rings is 1. The molecule has 1 atom stereocenters. The molecule has 5 aliphatic rings. The maximum absolute atomic E-state index is 13.7. The number of likely N-dealkylation sites (tertiary alicyclic amines) is 1. The number of nitrogens with one attached hydrogen (secondary N) is 1. The van der Waals surface area contributed by atoms with Gasteiger partial charge in [-0.1, -0.05) is 18.2 Å². The third-order valence-corrected chi connectivity index (χ3v) is 9.76. The van der Waals surface area contributed by atoms with Crippen molar-refractivity contribution in [1.82, 2.24) is 25.0 Å². The SMILES string of the molecule is C[C@H](c1nnc(SCC(=O)NC23CC4CC(CC(C4)C2)C3)n1-c1ccc(F)cc1)N1CCCCC1. The van der Waals surface area contributed by atoms with Crippen molar-refractivity contribution in [3.8, 4) is 5.69 Å². The second-order valence-corrected chi connectivity index (χ2v) is 12.4. The number of thioether (sulfide) groups is 1. The highest BCUT2D eigenvalue weighted by molar-refractivity contribution is 7.99. The van der Waals surface area contributed by atoms with Crippen LogP contribution in [0.3, 0.4) is 0 Å². The topological polar surface area (TPSA) is 63.1 Å². The summed E-state index contributed by atoms with van der Waals surface area (Å²) in [5.74, 6) is 3.40. The van der Waals surface area contributed by atoms with Gasteiger partial charge < -0.3 is 5.32 Å². The van der Waals surface area contributed by atoms with Gasteiger partial charge in [0, 0.05) is 11.2 Å². The van der Waals surface area contributed by atoms with E-state index in [0.29, 0.717) is 10.9 Å². The van der Waals surface area contributed by atoms with Gasteiger partial charge in [-0.3, -0.25) is 14.3 Å². The summed E-state index contributed by atoms with van der Waals surface area (Å²) in [6.45, 7) is 4.27. The fraction of sp³-hybridized carbons (Fsp3) is 0.667. The van der Waals surface area contributed by atoms with E-state index in [9.17, 15) is 9.18 Å². The Morgan fingerprint density at radius 2 is 1.69 bits per heavy atom. The molecule has 1 aliphatic heterocycles. The Bertz CT molecular complexity index is 1030. The Hall–Kier alpha value is -1.93. The van der Waals surface area contributed by atoms with E-state index in [4.69, 9.17) is 0 Å².